The zero-order valence-electron chi connectivity index (χ0n) is 17.7. The number of nitrogens with one attached hydrogen (secondary N) is 1. The quantitative estimate of drug-likeness (QED) is 0.668. The zero-order chi connectivity index (χ0) is 22.9. The number of amides is 3. The molecule has 2 aliphatic rings. The maximum atomic E-state index is 13.4. The summed E-state index contributed by atoms with van der Waals surface area (Å²) in [4.78, 5) is 42.6. The average molecular weight is 436 g/mol. The number of fused-ring (bicyclic) bond motifs is 2. The van der Waals surface area contributed by atoms with E-state index in [4.69, 9.17) is 5.26 Å². The summed E-state index contributed by atoms with van der Waals surface area (Å²) in [6.45, 7) is 0.686. The van der Waals surface area contributed by atoms with Crippen LogP contribution in [0.15, 0.2) is 72.8 Å². The van der Waals surface area contributed by atoms with Crippen LogP contribution in [0.2, 0.25) is 0 Å². The van der Waals surface area contributed by atoms with E-state index in [1.165, 1.54) is 0 Å². The maximum absolute atomic E-state index is 13.4. The van der Waals surface area contributed by atoms with Gasteiger partial charge in [-0.2, -0.15) is 5.26 Å². The first-order valence-corrected chi connectivity index (χ1v) is 10.7. The largest absolute Gasteiger partial charge is 0.334 e. The van der Waals surface area contributed by atoms with Gasteiger partial charge >= 0.3 is 0 Å². The van der Waals surface area contributed by atoms with E-state index in [2.05, 4.69) is 5.32 Å². The van der Waals surface area contributed by atoms with Crippen molar-refractivity contribution >= 4 is 23.4 Å². The Morgan fingerprint density at radius 1 is 0.939 bits per heavy atom. The molecule has 3 amide bonds. The maximum Gasteiger partial charge on any atom is 0.256 e. The molecule has 1 unspecified atom stereocenters. The normalized spacial score (nSPS) is 17.4. The third-order valence-corrected chi connectivity index (χ3v) is 6.11. The molecule has 5 rings (SSSR count). The molecule has 7 heteroatoms. The highest BCUT2D eigenvalue weighted by Crippen LogP contribution is 2.30. The van der Waals surface area contributed by atoms with Gasteiger partial charge in [-0.05, 0) is 47.5 Å². The number of hydrogen-bond acceptors (Lipinski definition) is 4. The van der Waals surface area contributed by atoms with Gasteiger partial charge in [0.2, 0.25) is 5.91 Å². The van der Waals surface area contributed by atoms with Gasteiger partial charge in [-0.15, -0.1) is 0 Å². The van der Waals surface area contributed by atoms with Crippen molar-refractivity contribution in [3.63, 3.8) is 0 Å². The first-order valence-electron chi connectivity index (χ1n) is 10.7. The molecule has 0 saturated carbocycles. The van der Waals surface area contributed by atoms with Crippen molar-refractivity contribution in [3.05, 3.63) is 89.5 Å². The van der Waals surface area contributed by atoms with Crippen LogP contribution in [-0.4, -0.2) is 53.2 Å². The minimum atomic E-state index is -0.777. The molecule has 1 saturated heterocycles. The van der Waals surface area contributed by atoms with Crippen molar-refractivity contribution in [2.75, 3.05) is 25.0 Å². The highest BCUT2D eigenvalue weighted by molar-refractivity contribution is 6.11. The van der Waals surface area contributed by atoms with Crippen molar-refractivity contribution in [1.82, 2.24) is 9.80 Å². The molecule has 0 bridgehead atoms. The Morgan fingerprint density at radius 3 is 2.42 bits per heavy atom. The highest BCUT2D eigenvalue weighted by Gasteiger charge is 2.40. The first-order chi connectivity index (χ1) is 16.0. The molecule has 2 heterocycles. The second-order valence-electron chi connectivity index (χ2n) is 8.07. The summed E-state index contributed by atoms with van der Waals surface area (Å²) in [7, 11) is 0. The van der Waals surface area contributed by atoms with Crippen LogP contribution in [0.25, 0.3) is 11.1 Å². The van der Waals surface area contributed by atoms with E-state index in [0.29, 0.717) is 28.9 Å². The number of carbonyl (C=O) groups is 3. The van der Waals surface area contributed by atoms with Gasteiger partial charge in [0.05, 0.1) is 29.4 Å². The highest BCUT2D eigenvalue weighted by atomic mass is 16.2. The minimum absolute atomic E-state index is 0.107. The topological polar surface area (TPSA) is 93.5 Å². The number of rotatable bonds is 2. The molecule has 1 atom stereocenters. The lowest BCUT2D eigenvalue weighted by Gasteiger charge is -2.39. The lowest BCUT2D eigenvalue weighted by Crippen LogP contribution is -2.59. The Kier molecular flexibility index (Phi) is 5.11. The Labute approximate surface area is 190 Å². The fraction of sp³-hybridized carbons (Fsp3) is 0.154. The van der Waals surface area contributed by atoms with Crippen LogP contribution in [0.3, 0.4) is 0 Å². The summed E-state index contributed by atoms with van der Waals surface area (Å²) in [5.74, 6) is -0.768. The zero-order valence-corrected chi connectivity index (χ0v) is 17.7. The van der Waals surface area contributed by atoms with Crippen LogP contribution in [0.4, 0.5) is 5.69 Å². The van der Waals surface area contributed by atoms with Crippen LogP contribution in [-0.2, 0) is 4.79 Å². The van der Waals surface area contributed by atoms with Crippen molar-refractivity contribution < 1.29 is 14.4 Å². The number of nitriles is 1. The molecule has 1 N–H and O–H groups in total. The van der Waals surface area contributed by atoms with E-state index >= 15 is 0 Å². The Balaban J connectivity index is 1.41. The Bertz CT molecular complexity index is 1300. The van der Waals surface area contributed by atoms with E-state index in [9.17, 15) is 14.4 Å². The molecule has 2 aliphatic heterocycles. The summed E-state index contributed by atoms with van der Waals surface area (Å²) in [6.07, 6.45) is 0. The van der Waals surface area contributed by atoms with Crippen molar-refractivity contribution in [2.24, 2.45) is 0 Å². The number of anilines is 1. The Morgan fingerprint density at radius 2 is 1.70 bits per heavy atom. The summed E-state index contributed by atoms with van der Waals surface area (Å²) < 4.78 is 0. The molecule has 162 valence electrons. The molecule has 33 heavy (non-hydrogen) atoms. The molecule has 0 spiro atoms. The van der Waals surface area contributed by atoms with Gasteiger partial charge in [-0.1, -0.05) is 36.4 Å². The molecule has 3 aromatic rings. The lowest BCUT2D eigenvalue weighted by atomic mass is 10.0. The fourth-order valence-corrected chi connectivity index (χ4v) is 4.32. The van der Waals surface area contributed by atoms with Gasteiger partial charge in [-0.25, -0.2) is 0 Å². The van der Waals surface area contributed by atoms with Crippen LogP contribution < -0.4 is 5.32 Å². The van der Waals surface area contributed by atoms with Crippen LogP contribution in [0, 0.1) is 11.3 Å². The second-order valence-corrected chi connectivity index (χ2v) is 8.07. The number of nitrogens with zero attached hydrogens (tertiary/aromatic N) is 3. The lowest BCUT2D eigenvalue weighted by molar-refractivity contribution is -0.121. The molecule has 0 radical (unpaired) electrons. The van der Waals surface area contributed by atoms with Gasteiger partial charge in [0.1, 0.15) is 6.04 Å². The fourth-order valence-electron chi connectivity index (χ4n) is 4.32. The summed E-state index contributed by atoms with van der Waals surface area (Å²) >= 11 is 0. The van der Waals surface area contributed by atoms with Crippen LogP contribution in [0.5, 0.6) is 0 Å². The number of carbonyl (C=O) groups excluding carboxylic acids is 3. The smallest absolute Gasteiger partial charge is 0.256 e. The van der Waals surface area contributed by atoms with E-state index in [1.54, 1.807) is 40.1 Å². The van der Waals surface area contributed by atoms with E-state index in [1.807, 2.05) is 48.5 Å². The number of hydrogen-bond donors (Lipinski definition) is 1. The third kappa shape index (κ3) is 3.72. The predicted molar refractivity (Wildman–Crippen MR) is 122 cm³/mol. The molecular weight excluding hydrogens is 416 g/mol. The third-order valence-electron chi connectivity index (χ3n) is 6.11. The molecular formula is C26H20N4O3. The average Bonchev–Trinajstić information content (AvgIpc) is 2.98. The summed E-state index contributed by atoms with van der Waals surface area (Å²) in [5, 5.41) is 11.8. The standard InChI is InChI=1S/C26H20N4O3/c27-15-17-6-8-19(9-7-17)25(32)29-12-13-30-23(16-29)24(31)28-22-11-10-20(14-21(22)26(30)33)18-4-2-1-3-5-18/h1-11,14,23H,12-13,16H2,(H,28,31). The van der Waals surface area contributed by atoms with Crippen molar-refractivity contribution in [3.8, 4) is 17.2 Å². The second kappa shape index (κ2) is 8.24. The number of piperazine rings is 1. The van der Waals surface area contributed by atoms with Gasteiger partial charge in [0.15, 0.2) is 0 Å². The molecule has 0 aliphatic carbocycles. The minimum Gasteiger partial charge on any atom is -0.334 e. The first kappa shape index (κ1) is 20.5. The SMILES string of the molecule is N#Cc1ccc(C(=O)N2CCN3C(=O)c4cc(-c5ccccc5)ccc4NC(=O)C3C2)cc1. The molecule has 3 aromatic carbocycles. The molecule has 7 nitrogen and oxygen atoms in total. The van der Waals surface area contributed by atoms with Crippen LogP contribution in [0.1, 0.15) is 26.3 Å². The van der Waals surface area contributed by atoms with E-state index in [0.717, 1.165) is 11.1 Å². The summed E-state index contributed by atoms with van der Waals surface area (Å²) in [6, 6.07) is 22.8. The van der Waals surface area contributed by atoms with Gasteiger partial charge in [0.25, 0.3) is 11.8 Å². The van der Waals surface area contributed by atoms with Crippen molar-refractivity contribution in [2.45, 2.75) is 6.04 Å². The Hall–Kier alpha value is -4.44. The van der Waals surface area contributed by atoms with Crippen LogP contribution >= 0.6 is 0 Å². The van der Waals surface area contributed by atoms with E-state index < -0.39 is 6.04 Å². The predicted octanol–water partition coefficient (Wildman–Crippen LogP) is 3.14. The monoisotopic (exact) mass is 436 g/mol. The van der Waals surface area contributed by atoms with Gasteiger partial charge in [-0.3, -0.25) is 14.4 Å². The molecule has 1 fully saturated rings. The van der Waals surface area contributed by atoms with E-state index in [-0.39, 0.29) is 30.8 Å². The molecule has 0 aromatic heterocycles. The number of benzene rings is 3. The van der Waals surface area contributed by atoms with Gasteiger partial charge in [0, 0.05) is 18.7 Å². The summed E-state index contributed by atoms with van der Waals surface area (Å²) in [5.41, 5.74) is 3.71. The van der Waals surface area contributed by atoms with Crippen molar-refractivity contribution in [1.29, 1.82) is 5.26 Å². The van der Waals surface area contributed by atoms with Gasteiger partial charge < -0.3 is 15.1 Å².